The van der Waals surface area contributed by atoms with Gasteiger partial charge < -0.3 is 15.3 Å². The molecule has 1 aromatic carbocycles. The highest BCUT2D eigenvalue weighted by atomic mass is 16.4. The van der Waals surface area contributed by atoms with Gasteiger partial charge in [-0.3, -0.25) is 0 Å². The summed E-state index contributed by atoms with van der Waals surface area (Å²) in [5, 5.41) is 26.1. The summed E-state index contributed by atoms with van der Waals surface area (Å²) in [4.78, 5) is 10.3. The van der Waals surface area contributed by atoms with Crippen LogP contribution in [0.5, 0.6) is 11.5 Å². The minimum Gasteiger partial charge on any atom is -0.508 e. The number of aromatic carboxylic acids is 1. The number of carboxylic acids is 1. The second-order valence-electron chi connectivity index (χ2n) is 4.68. The first-order valence-electron chi connectivity index (χ1n) is 5.83. The Kier molecular flexibility index (Phi) is 3.22. The summed E-state index contributed by atoms with van der Waals surface area (Å²) in [6.45, 7) is 0. The summed E-state index contributed by atoms with van der Waals surface area (Å²) >= 11 is 0. The average Bonchev–Trinajstić information content (AvgIpc) is 2.27. The molecule has 17 heavy (non-hydrogen) atoms. The molecule has 2 saturated carbocycles. The van der Waals surface area contributed by atoms with Crippen molar-refractivity contribution in [3.63, 3.8) is 0 Å². The van der Waals surface area contributed by atoms with Crippen molar-refractivity contribution in [2.24, 2.45) is 11.8 Å². The molecule has 3 rings (SSSR count). The maximum Gasteiger partial charge on any atom is 0.339 e. The monoisotopic (exact) mass is 236 g/mol. The van der Waals surface area contributed by atoms with Crippen molar-refractivity contribution in [3.8, 4) is 11.5 Å². The van der Waals surface area contributed by atoms with Gasteiger partial charge in [0.05, 0.1) is 0 Å². The Morgan fingerprint density at radius 1 is 1.06 bits per heavy atom. The zero-order chi connectivity index (χ0) is 12.4. The number of phenols is 2. The number of hydrogen-bond acceptors (Lipinski definition) is 3. The summed E-state index contributed by atoms with van der Waals surface area (Å²) < 4.78 is 0. The van der Waals surface area contributed by atoms with E-state index in [-0.39, 0.29) is 17.1 Å². The van der Waals surface area contributed by atoms with Crippen LogP contribution in [0.25, 0.3) is 0 Å². The van der Waals surface area contributed by atoms with Crippen LogP contribution in [0.3, 0.4) is 0 Å². The fraction of sp³-hybridized carbons (Fsp3) is 0.462. The van der Waals surface area contributed by atoms with Crippen molar-refractivity contribution < 1.29 is 20.1 Å². The lowest BCUT2D eigenvalue weighted by molar-refractivity contribution is 0.0548. The molecule has 92 valence electrons. The number of fused-ring (bicyclic) bond motifs is 1. The number of rotatable bonds is 1. The van der Waals surface area contributed by atoms with E-state index in [9.17, 15) is 4.79 Å². The van der Waals surface area contributed by atoms with Gasteiger partial charge in [0.15, 0.2) is 0 Å². The molecule has 2 fully saturated rings. The summed E-state index contributed by atoms with van der Waals surface area (Å²) in [7, 11) is 0. The Bertz CT molecular complexity index is 409. The molecule has 0 aliphatic heterocycles. The fourth-order valence-electron chi connectivity index (χ4n) is 2.26. The first kappa shape index (κ1) is 11.8. The predicted octanol–water partition coefficient (Wildman–Crippen LogP) is 2.60. The Hall–Kier alpha value is -1.71. The lowest BCUT2D eigenvalue weighted by Gasteiger charge is -2.46. The van der Waals surface area contributed by atoms with Crippen LogP contribution in [-0.4, -0.2) is 21.3 Å². The van der Waals surface area contributed by atoms with E-state index in [0.29, 0.717) is 0 Å². The largest absolute Gasteiger partial charge is 0.508 e. The van der Waals surface area contributed by atoms with Crippen LogP contribution in [-0.2, 0) is 0 Å². The van der Waals surface area contributed by atoms with Crippen LogP contribution in [0.15, 0.2) is 18.2 Å². The molecule has 2 aliphatic rings. The Balaban J connectivity index is 0.000000148. The van der Waals surface area contributed by atoms with Gasteiger partial charge in [0.25, 0.3) is 0 Å². The molecule has 3 N–H and O–H groups in total. The van der Waals surface area contributed by atoms with Crippen LogP contribution in [0, 0.1) is 11.8 Å². The minimum absolute atomic E-state index is 0.180. The molecule has 4 nitrogen and oxygen atoms in total. The SMILES string of the molecule is C1CC2CCC12.O=C(O)c1cc(O)ccc1O. The minimum atomic E-state index is -1.27. The van der Waals surface area contributed by atoms with Crippen molar-refractivity contribution in [3.05, 3.63) is 23.8 Å². The Labute approximate surface area is 99.5 Å². The molecule has 0 heterocycles. The lowest BCUT2D eigenvalue weighted by Crippen LogP contribution is -2.34. The standard InChI is InChI=1S/C7H6O4.C6H10/c8-4-1-2-6(9)5(3-4)7(10)11;1-2-6-4-3-5(1)6/h1-3,8-9H,(H,10,11);5-6H,1-4H2. The molecule has 0 unspecified atom stereocenters. The molecule has 2 aliphatic carbocycles. The number of benzene rings is 1. The molecule has 0 saturated heterocycles. The van der Waals surface area contributed by atoms with Crippen LogP contribution in [0.4, 0.5) is 0 Å². The molecular formula is C13H16O4. The van der Waals surface area contributed by atoms with E-state index in [0.717, 1.165) is 12.1 Å². The third kappa shape index (κ3) is 2.52. The van der Waals surface area contributed by atoms with Gasteiger partial charge in [-0.05, 0) is 55.7 Å². The van der Waals surface area contributed by atoms with Crippen LogP contribution >= 0.6 is 0 Å². The maximum atomic E-state index is 10.3. The van der Waals surface area contributed by atoms with Crippen molar-refractivity contribution in [1.29, 1.82) is 0 Å². The molecule has 1 aromatic rings. The van der Waals surface area contributed by atoms with Gasteiger partial charge in [-0.1, -0.05) is 0 Å². The highest BCUT2D eigenvalue weighted by molar-refractivity contribution is 5.91. The molecule has 0 atom stereocenters. The number of hydrogen-bond donors (Lipinski definition) is 3. The molecule has 0 amide bonds. The van der Waals surface area contributed by atoms with Gasteiger partial charge in [-0.25, -0.2) is 4.79 Å². The third-order valence-electron chi connectivity index (χ3n) is 3.69. The van der Waals surface area contributed by atoms with Crippen LogP contribution in [0.2, 0.25) is 0 Å². The van der Waals surface area contributed by atoms with Gasteiger partial charge in [-0.15, -0.1) is 0 Å². The normalized spacial score (nSPS) is 24.5. The van der Waals surface area contributed by atoms with Crippen molar-refractivity contribution in [2.75, 3.05) is 0 Å². The quantitative estimate of drug-likeness (QED) is 0.655. The van der Waals surface area contributed by atoms with Gasteiger partial charge in [0, 0.05) is 0 Å². The van der Waals surface area contributed by atoms with Gasteiger partial charge >= 0.3 is 5.97 Å². The zero-order valence-corrected chi connectivity index (χ0v) is 9.47. The van der Waals surface area contributed by atoms with Crippen molar-refractivity contribution in [2.45, 2.75) is 25.7 Å². The van der Waals surface area contributed by atoms with Crippen LogP contribution in [0.1, 0.15) is 36.0 Å². The van der Waals surface area contributed by atoms with E-state index in [1.54, 1.807) is 25.7 Å². The molecular weight excluding hydrogens is 220 g/mol. The summed E-state index contributed by atoms with van der Waals surface area (Å²) in [6, 6.07) is 3.32. The first-order valence-corrected chi connectivity index (χ1v) is 5.83. The second kappa shape index (κ2) is 4.65. The number of carbonyl (C=O) groups is 1. The van der Waals surface area contributed by atoms with Crippen molar-refractivity contribution >= 4 is 5.97 Å². The second-order valence-corrected chi connectivity index (χ2v) is 4.68. The predicted molar refractivity (Wildman–Crippen MR) is 62.2 cm³/mol. The smallest absolute Gasteiger partial charge is 0.339 e. The molecule has 0 spiro atoms. The molecule has 0 bridgehead atoms. The van der Waals surface area contributed by atoms with E-state index in [1.807, 2.05) is 0 Å². The molecule has 4 heteroatoms. The van der Waals surface area contributed by atoms with E-state index < -0.39 is 5.97 Å². The average molecular weight is 236 g/mol. The summed E-state index contributed by atoms with van der Waals surface area (Å²) in [5.41, 5.74) is -0.301. The summed E-state index contributed by atoms with van der Waals surface area (Å²) in [6.07, 6.45) is 6.24. The van der Waals surface area contributed by atoms with Crippen LogP contribution < -0.4 is 0 Å². The number of aromatic hydroxyl groups is 2. The zero-order valence-electron chi connectivity index (χ0n) is 9.47. The van der Waals surface area contributed by atoms with E-state index in [4.69, 9.17) is 15.3 Å². The first-order chi connectivity index (χ1) is 8.08. The topological polar surface area (TPSA) is 77.8 Å². The Morgan fingerprint density at radius 3 is 1.88 bits per heavy atom. The highest BCUT2D eigenvalue weighted by Crippen LogP contribution is 2.49. The summed E-state index contributed by atoms with van der Waals surface area (Å²) in [5.74, 6) is 0.629. The van der Waals surface area contributed by atoms with E-state index >= 15 is 0 Å². The Morgan fingerprint density at radius 2 is 1.59 bits per heavy atom. The molecule has 0 radical (unpaired) electrons. The number of carboxylic acid groups (broad SMARTS) is 1. The van der Waals surface area contributed by atoms with Crippen molar-refractivity contribution in [1.82, 2.24) is 0 Å². The number of phenolic OH excluding ortho intramolecular Hbond substituents is 1. The van der Waals surface area contributed by atoms with E-state index in [2.05, 4.69) is 0 Å². The van der Waals surface area contributed by atoms with Gasteiger partial charge in [0.1, 0.15) is 17.1 Å². The molecule has 0 aromatic heterocycles. The third-order valence-corrected chi connectivity index (χ3v) is 3.69. The maximum absolute atomic E-state index is 10.3. The van der Waals surface area contributed by atoms with Gasteiger partial charge in [-0.2, -0.15) is 0 Å². The highest BCUT2D eigenvalue weighted by Gasteiger charge is 2.37. The lowest BCUT2D eigenvalue weighted by atomic mass is 9.60. The fourth-order valence-corrected chi connectivity index (χ4v) is 2.26. The van der Waals surface area contributed by atoms with E-state index in [1.165, 1.54) is 17.9 Å². The van der Waals surface area contributed by atoms with Gasteiger partial charge in [0.2, 0.25) is 0 Å².